The van der Waals surface area contributed by atoms with E-state index in [2.05, 4.69) is 0 Å². The number of aromatic amines is 1. The second-order valence-electron chi connectivity index (χ2n) is 7.49. The molecule has 1 aromatic heterocycles. The van der Waals surface area contributed by atoms with Crippen molar-refractivity contribution >= 4 is 5.97 Å². The number of benzene rings is 2. The predicted octanol–water partition coefficient (Wildman–Crippen LogP) is 2.19. The molecule has 0 fully saturated rings. The van der Waals surface area contributed by atoms with Gasteiger partial charge in [0, 0.05) is 6.54 Å². The highest BCUT2D eigenvalue weighted by Gasteiger charge is 2.14. The maximum absolute atomic E-state index is 13.3. The summed E-state index contributed by atoms with van der Waals surface area (Å²) in [5.74, 6) is -0.586. The summed E-state index contributed by atoms with van der Waals surface area (Å²) in [4.78, 5) is 36.6. The van der Waals surface area contributed by atoms with Crippen molar-refractivity contribution in [2.24, 2.45) is 0 Å². The fourth-order valence-corrected chi connectivity index (χ4v) is 3.41. The Balaban J connectivity index is 1.62. The molecule has 0 unspecified atom stereocenters. The van der Waals surface area contributed by atoms with Crippen LogP contribution in [0.3, 0.4) is 0 Å². The van der Waals surface area contributed by atoms with E-state index in [1.54, 1.807) is 11.1 Å². The van der Waals surface area contributed by atoms with Gasteiger partial charge in [-0.05, 0) is 48.2 Å². The Morgan fingerprint density at radius 2 is 1.63 bits per heavy atom. The van der Waals surface area contributed by atoms with Gasteiger partial charge in [-0.1, -0.05) is 6.07 Å². The molecule has 0 amide bonds. The highest BCUT2D eigenvalue weighted by molar-refractivity contribution is 5.73. The maximum Gasteiger partial charge on any atom is 0.328 e. The minimum atomic E-state index is -1.14. The number of aromatic hydroxyl groups is 1. The van der Waals surface area contributed by atoms with Crippen LogP contribution in [0.1, 0.15) is 17.5 Å². The number of H-pyrrole nitrogens is 1. The van der Waals surface area contributed by atoms with Crippen LogP contribution >= 0.6 is 0 Å². The van der Waals surface area contributed by atoms with E-state index < -0.39 is 23.0 Å². The Bertz CT molecular complexity index is 1310. The first kappa shape index (κ1) is 25.3. The molecule has 0 aliphatic carbocycles. The Labute approximate surface area is 199 Å². The summed E-state index contributed by atoms with van der Waals surface area (Å²) in [6, 6.07) is 8.35. The molecule has 0 saturated heterocycles. The number of esters is 1. The minimum Gasteiger partial charge on any atom is -0.504 e. The highest BCUT2D eigenvalue weighted by Crippen LogP contribution is 2.38. The predicted molar refractivity (Wildman–Crippen MR) is 123 cm³/mol. The van der Waals surface area contributed by atoms with E-state index in [1.807, 2.05) is 12.1 Å². The number of nitrogens with one attached hydrogen (secondary N) is 1. The molecule has 11 heteroatoms. The third-order valence-corrected chi connectivity index (χ3v) is 5.20. The van der Waals surface area contributed by atoms with Gasteiger partial charge in [-0.25, -0.2) is 4.79 Å². The second kappa shape index (κ2) is 11.2. The molecule has 2 N–H and O–H groups in total. The lowest BCUT2D eigenvalue weighted by molar-refractivity contribution is -0.134. The van der Waals surface area contributed by atoms with Crippen LogP contribution in [0.15, 0.2) is 46.1 Å². The molecule has 3 rings (SSSR count). The van der Waals surface area contributed by atoms with Gasteiger partial charge in [-0.3, -0.25) is 19.1 Å². The van der Waals surface area contributed by atoms with Crippen molar-refractivity contribution in [1.82, 2.24) is 9.55 Å². The van der Waals surface area contributed by atoms with Crippen LogP contribution in [-0.4, -0.2) is 42.0 Å². The van der Waals surface area contributed by atoms with Gasteiger partial charge < -0.3 is 24.1 Å². The van der Waals surface area contributed by atoms with Gasteiger partial charge in [0.2, 0.25) is 11.6 Å². The molecule has 2 aromatic carbocycles. The van der Waals surface area contributed by atoms with Crippen LogP contribution < -0.4 is 30.2 Å². The summed E-state index contributed by atoms with van der Waals surface area (Å²) >= 11 is 0. The maximum atomic E-state index is 13.3. The lowest BCUT2D eigenvalue weighted by atomic mass is 10.0. The van der Waals surface area contributed by atoms with Crippen LogP contribution in [-0.2, 0) is 24.2 Å². The lowest BCUT2D eigenvalue weighted by Gasteiger charge is -2.14. The molecular weight excluding hydrogens is 463 g/mol. The van der Waals surface area contributed by atoms with Crippen molar-refractivity contribution in [2.75, 3.05) is 21.3 Å². The van der Waals surface area contributed by atoms with Crippen molar-refractivity contribution in [2.45, 2.75) is 25.8 Å². The fraction of sp³-hybridized carbons (Fsp3) is 0.292. The van der Waals surface area contributed by atoms with Crippen LogP contribution in [0.25, 0.3) is 0 Å². The zero-order valence-electron chi connectivity index (χ0n) is 19.4. The number of phenolic OH excluding ortho intramolecular Hbond substituents is 1. The van der Waals surface area contributed by atoms with E-state index in [4.69, 9.17) is 18.9 Å². The summed E-state index contributed by atoms with van der Waals surface area (Å²) in [5.41, 5.74) is -0.248. The van der Waals surface area contributed by atoms with Crippen LogP contribution in [0.4, 0.5) is 4.39 Å². The van der Waals surface area contributed by atoms with Crippen molar-refractivity contribution < 1.29 is 33.2 Å². The van der Waals surface area contributed by atoms with Gasteiger partial charge in [0.1, 0.15) is 0 Å². The van der Waals surface area contributed by atoms with Gasteiger partial charge in [0.05, 0.1) is 33.9 Å². The van der Waals surface area contributed by atoms with E-state index in [9.17, 15) is 23.9 Å². The number of phenols is 1. The smallest absolute Gasteiger partial charge is 0.328 e. The molecule has 35 heavy (non-hydrogen) atoms. The summed E-state index contributed by atoms with van der Waals surface area (Å²) in [6.45, 7) is -0.209. The first-order valence-electron chi connectivity index (χ1n) is 10.6. The van der Waals surface area contributed by atoms with Gasteiger partial charge in [0.15, 0.2) is 23.0 Å². The Kier molecular flexibility index (Phi) is 8.13. The number of carbonyl (C=O) groups excluding carboxylic acids is 1. The van der Waals surface area contributed by atoms with Gasteiger partial charge in [-0.15, -0.1) is 0 Å². The number of ether oxygens (including phenoxy) is 4. The van der Waals surface area contributed by atoms with E-state index >= 15 is 0 Å². The zero-order chi connectivity index (χ0) is 25.5. The number of hydrogen-bond acceptors (Lipinski definition) is 8. The number of nitrogens with zero attached hydrogens (tertiary/aromatic N) is 1. The molecule has 0 saturated carbocycles. The summed E-state index contributed by atoms with van der Waals surface area (Å²) < 4.78 is 35.4. The molecule has 0 spiro atoms. The third-order valence-electron chi connectivity index (χ3n) is 5.20. The lowest BCUT2D eigenvalue weighted by Crippen LogP contribution is -2.32. The van der Waals surface area contributed by atoms with Crippen molar-refractivity contribution in [3.05, 3.63) is 74.3 Å². The standard InChI is InChI=1S/C24H25FN2O8/c1-32-19-11-15(12-20(33-2)22(19)34-3)5-4-14-6-7-18(17(28)10-14)35-21(29)8-9-27-13-16(25)23(30)26-24(27)31/h6-7,10-13,28H,4-5,8-9H2,1-3H3,(H,26,30,31). The zero-order valence-corrected chi connectivity index (χ0v) is 19.4. The molecule has 0 radical (unpaired) electrons. The average Bonchev–Trinajstić information content (AvgIpc) is 2.84. The monoisotopic (exact) mass is 488 g/mol. The van der Waals surface area contributed by atoms with Crippen molar-refractivity contribution in [3.63, 3.8) is 0 Å². The molecule has 1 heterocycles. The topological polar surface area (TPSA) is 129 Å². The third kappa shape index (κ3) is 6.19. The largest absolute Gasteiger partial charge is 0.504 e. The molecule has 0 atom stereocenters. The first-order valence-corrected chi connectivity index (χ1v) is 10.6. The van der Waals surface area contributed by atoms with Crippen LogP contribution in [0.5, 0.6) is 28.7 Å². The summed E-state index contributed by atoms with van der Waals surface area (Å²) in [5, 5.41) is 10.3. The number of halogens is 1. The number of hydrogen-bond donors (Lipinski definition) is 2. The summed E-state index contributed by atoms with van der Waals surface area (Å²) in [7, 11) is 4.60. The Hall–Kier alpha value is -4.28. The molecule has 0 aliphatic heterocycles. The first-order chi connectivity index (χ1) is 16.7. The van der Waals surface area contributed by atoms with Gasteiger partial charge in [0.25, 0.3) is 5.56 Å². The van der Waals surface area contributed by atoms with E-state index in [0.29, 0.717) is 36.3 Å². The quantitative estimate of drug-likeness (QED) is 0.328. The normalized spacial score (nSPS) is 10.6. The fourth-order valence-electron chi connectivity index (χ4n) is 3.41. The number of aryl methyl sites for hydroxylation is 3. The number of carbonyl (C=O) groups is 1. The van der Waals surface area contributed by atoms with Crippen LogP contribution in [0.2, 0.25) is 0 Å². The van der Waals surface area contributed by atoms with Crippen LogP contribution in [0, 0.1) is 5.82 Å². The molecule has 186 valence electrons. The van der Waals surface area contributed by atoms with Gasteiger partial charge in [-0.2, -0.15) is 4.39 Å². The summed E-state index contributed by atoms with van der Waals surface area (Å²) in [6.07, 6.45) is 1.61. The van der Waals surface area contributed by atoms with E-state index in [1.165, 1.54) is 33.5 Å². The number of rotatable bonds is 10. The Morgan fingerprint density at radius 1 is 0.971 bits per heavy atom. The number of aromatic nitrogens is 2. The molecule has 0 bridgehead atoms. The minimum absolute atomic E-state index is 0.0495. The van der Waals surface area contributed by atoms with Gasteiger partial charge >= 0.3 is 11.7 Å². The van der Waals surface area contributed by atoms with Crippen molar-refractivity contribution in [3.8, 4) is 28.7 Å². The number of methoxy groups -OCH3 is 3. The molecule has 10 nitrogen and oxygen atoms in total. The average molecular weight is 488 g/mol. The van der Waals surface area contributed by atoms with E-state index in [-0.39, 0.29) is 24.5 Å². The van der Waals surface area contributed by atoms with E-state index in [0.717, 1.165) is 15.7 Å². The Morgan fingerprint density at radius 3 is 2.23 bits per heavy atom. The van der Waals surface area contributed by atoms with Crippen molar-refractivity contribution in [1.29, 1.82) is 0 Å². The second-order valence-corrected chi connectivity index (χ2v) is 7.49. The SMILES string of the molecule is COc1cc(CCc2ccc(OC(=O)CCn3cc(F)c(=O)[nH]c3=O)c(O)c2)cc(OC)c1OC. The molecule has 0 aliphatic rings. The molecule has 3 aromatic rings. The highest BCUT2D eigenvalue weighted by atomic mass is 19.1. The molecular formula is C24H25FN2O8.